The van der Waals surface area contributed by atoms with Crippen LogP contribution in [-0.2, 0) is 9.59 Å². The summed E-state index contributed by atoms with van der Waals surface area (Å²) < 4.78 is 5.15. The first kappa shape index (κ1) is 19.5. The van der Waals surface area contributed by atoms with Crippen LogP contribution in [0.25, 0.3) is 0 Å². The average molecular weight is 368 g/mol. The highest BCUT2D eigenvalue weighted by molar-refractivity contribution is 6.00. The molecule has 1 aromatic rings. The third kappa shape index (κ3) is 4.25. The van der Waals surface area contributed by atoms with Gasteiger partial charge in [-0.1, -0.05) is 0 Å². The van der Waals surface area contributed by atoms with Crippen LogP contribution in [0, 0.1) is 11.8 Å². The molecule has 2 aliphatic heterocycles. The van der Waals surface area contributed by atoms with Crippen molar-refractivity contribution < 1.29 is 14.3 Å². The molecule has 0 saturated carbocycles. The number of likely N-dealkylation sites (tertiary alicyclic amines) is 1. The number of nitrogens with zero attached hydrogens (tertiary/aromatic N) is 2. The number of anilines is 1. The zero-order chi connectivity index (χ0) is 17.1. The molecule has 2 aliphatic rings. The summed E-state index contributed by atoms with van der Waals surface area (Å²) in [6, 6.07) is 7.39. The lowest BCUT2D eigenvalue weighted by molar-refractivity contribution is -0.134. The van der Waals surface area contributed by atoms with Crippen molar-refractivity contribution in [3.63, 3.8) is 0 Å². The van der Waals surface area contributed by atoms with Gasteiger partial charge < -0.3 is 19.9 Å². The Morgan fingerprint density at radius 1 is 1.28 bits per heavy atom. The predicted molar refractivity (Wildman–Crippen MR) is 99.3 cm³/mol. The van der Waals surface area contributed by atoms with Crippen LogP contribution < -0.4 is 15.0 Å². The number of carbonyl (C=O) groups excluding carboxylic acids is 2. The Morgan fingerprint density at radius 2 is 2.00 bits per heavy atom. The van der Waals surface area contributed by atoms with Gasteiger partial charge in [0.2, 0.25) is 11.8 Å². The first-order valence-corrected chi connectivity index (χ1v) is 8.50. The molecule has 0 bridgehead atoms. The number of hydrogen-bond donors (Lipinski definition) is 1. The van der Waals surface area contributed by atoms with Crippen LogP contribution in [0.1, 0.15) is 12.8 Å². The summed E-state index contributed by atoms with van der Waals surface area (Å²) in [6.45, 7) is 3.01. The van der Waals surface area contributed by atoms with Crippen molar-refractivity contribution in [2.75, 3.05) is 45.2 Å². The highest BCUT2D eigenvalue weighted by Gasteiger charge is 2.38. The van der Waals surface area contributed by atoms with Crippen molar-refractivity contribution in [1.82, 2.24) is 10.2 Å². The van der Waals surface area contributed by atoms with E-state index in [1.807, 2.05) is 36.2 Å². The molecule has 1 aromatic carbocycles. The van der Waals surface area contributed by atoms with E-state index >= 15 is 0 Å². The Labute approximate surface area is 154 Å². The summed E-state index contributed by atoms with van der Waals surface area (Å²) in [7, 11) is 3.55. The molecule has 6 nitrogen and oxygen atoms in total. The van der Waals surface area contributed by atoms with Gasteiger partial charge in [0, 0.05) is 31.7 Å². The molecule has 1 N–H and O–H groups in total. The van der Waals surface area contributed by atoms with Crippen LogP contribution in [0.15, 0.2) is 24.3 Å². The Morgan fingerprint density at radius 3 is 2.64 bits per heavy atom. The van der Waals surface area contributed by atoms with Gasteiger partial charge in [-0.3, -0.25) is 9.59 Å². The molecule has 25 heavy (non-hydrogen) atoms. The van der Waals surface area contributed by atoms with E-state index in [0.29, 0.717) is 18.9 Å². The van der Waals surface area contributed by atoms with Crippen LogP contribution >= 0.6 is 12.4 Å². The van der Waals surface area contributed by atoms with E-state index in [1.54, 1.807) is 12.0 Å². The molecule has 7 heteroatoms. The number of methoxy groups -OCH3 is 1. The van der Waals surface area contributed by atoms with Gasteiger partial charge in [-0.25, -0.2) is 0 Å². The maximum absolute atomic E-state index is 12.7. The molecule has 0 radical (unpaired) electrons. The molecule has 2 amide bonds. The number of benzene rings is 1. The van der Waals surface area contributed by atoms with E-state index in [9.17, 15) is 9.59 Å². The topological polar surface area (TPSA) is 61.9 Å². The Bertz CT molecular complexity index is 608. The van der Waals surface area contributed by atoms with Gasteiger partial charge in [-0.05, 0) is 50.2 Å². The van der Waals surface area contributed by atoms with E-state index in [2.05, 4.69) is 5.32 Å². The predicted octanol–water partition coefficient (Wildman–Crippen LogP) is 1.54. The third-order valence-electron chi connectivity index (χ3n) is 4.95. The Hall–Kier alpha value is -1.79. The monoisotopic (exact) mass is 367 g/mol. The Balaban J connectivity index is 0.00000225. The quantitative estimate of drug-likeness (QED) is 0.857. The maximum atomic E-state index is 12.7. The van der Waals surface area contributed by atoms with Gasteiger partial charge >= 0.3 is 0 Å². The zero-order valence-electron chi connectivity index (χ0n) is 14.7. The maximum Gasteiger partial charge on any atom is 0.228 e. The molecule has 2 atom stereocenters. The van der Waals surface area contributed by atoms with Crippen LogP contribution in [0.3, 0.4) is 0 Å². The second kappa shape index (κ2) is 8.54. The smallest absolute Gasteiger partial charge is 0.228 e. The summed E-state index contributed by atoms with van der Waals surface area (Å²) in [4.78, 5) is 28.7. The van der Waals surface area contributed by atoms with Crippen molar-refractivity contribution in [2.24, 2.45) is 11.8 Å². The van der Waals surface area contributed by atoms with Gasteiger partial charge in [0.05, 0.1) is 13.0 Å². The molecule has 0 aromatic heterocycles. The molecule has 2 saturated heterocycles. The van der Waals surface area contributed by atoms with Gasteiger partial charge in [0.1, 0.15) is 5.75 Å². The molecule has 2 unspecified atom stereocenters. The number of halogens is 1. The number of amides is 2. The normalized spacial score (nSPS) is 22.9. The average Bonchev–Trinajstić information content (AvgIpc) is 3.22. The number of nitrogens with one attached hydrogen (secondary N) is 1. The summed E-state index contributed by atoms with van der Waals surface area (Å²) in [6.07, 6.45) is 1.34. The molecule has 2 fully saturated rings. The van der Waals surface area contributed by atoms with Crippen molar-refractivity contribution in [1.29, 1.82) is 0 Å². The molecule has 0 aliphatic carbocycles. The SMILES string of the molecule is CNCC1CCN(C(=O)C2CC(=O)N(c3ccc(OC)cc3)C2)C1.Cl. The van der Waals surface area contributed by atoms with Gasteiger partial charge in [-0.15, -0.1) is 12.4 Å². The summed E-state index contributed by atoms with van der Waals surface area (Å²) in [5.41, 5.74) is 0.825. The second-order valence-corrected chi connectivity index (χ2v) is 6.60. The minimum atomic E-state index is -0.229. The zero-order valence-corrected chi connectivity index (χ0v) is 15.6. The van der Waals surface area contributed by atoms with E-state index < -0.39 is 0 Å². The number of carbonyl (C=O) groups is 2. The minimum absolute atomic E-state index is 0. The minimum Gasteiger partial charge on any atom is -0.497 e. The largest absolute Gasteiger partial charge is 0.497 e. The Kier molecular flexibility index (Phi) is 6.67. The highest BCUT2D eigenvalue weighted by Crippen LogP contribution is 2.29. The van der Waals surface area contributed by atoms with Crippen LogP contribution in [0.5, 0.6) is 5.75 Å². The molecule has 0 spiro atoms. The van der Waals surface area contributed by atoms with E-state index in [-0.39, 0.29) is 30.1 Å². The first-order valence-electron chi connectivity index (χ1n) is 8.50. The van der Waals surface area contributed by atoms with Crippen LogP contribution in [0.4, 0.5) is 5.69 Å². The third-order valence-corrected chi connectivity index (χ3v) is 4.95. The molecular formula is C18H26ClN3O3. The van der Waals surface area contributed by atoms with E-state index in [1.165, 1.54) is 0 Å². The van der Waals surface area contributed by atoms with Crippen LogP contribution in [0.2, 0.25) is 0 Å². The van der Waals surface area contributed by atoms with Gasteiger partial charge in [0.15, 0.2) is 0 Å². The number of ether oxygens (including phenoxy) is 1. The van der Waals surface area contributed by atoms with E-state index in [4.69, 9.17) is 4.74 Å². The molecular weight excluding hydrogens is 342 g/mol. The number of hydrogen-bond acceptors (Lipinski definition) is 4. The lowest BCUT2D eigenvalue weighted by Gasteiger charge is -2.21. The number of rotatable bonds is 5. The van der Waals surface area contributed by atoms with Crippen molar-refractivity contribution in [2.45, 2.75) is 12.8 Å². The van der Waals surface area contributed by atoms with Crippen molar-refractivity contribution >= 4 is 29.9 Å². The molecule has 3 rings (SSSR count). The van der Waals surface area contributed by atoms with Crippen LogP contribution in [-0.4, -0.2) is 57.1 Å². The fourth-order valence-corrected chi connectivity index (χ4v) is 3.63. The van der Waals surface area contributed by atoms with Gasteiger partial charge in [0.25, 0.3) is 0 Å². The highest BCUT2D eigenvalue weighted by atomic mass is 35.5. The lowest BCUT2D eigenvalue weighted by Crippen LogP contribution is -2.36. The molecule has 138 valence electrons. The summed E-state index contributed by atoms with van der Waals surface area (Å²) in [5.74, 6) is 1.19. The second-order valence-electron chi connectivity index (χ2n) is 6.60. The van der Waals surface area contributed by atoms with Crippen molar-refractivity contribution in [3.05, 3.63) is 24.3 Å². The van der Waals surface area contributed by atoms with Gasteiger partial charge in [-0.2, -0.15) is 0 Å². The van der Waals surface area contributed by atoms with E-state index in [0.717, 1.165) is 37.5 Å². The fourth-order valence-electron chi connectivity index (χ4n) is 3.63. The summed E-state index contributed by atoms with van der Waals surface area (Å²) in [5, 5.41) is 3.17. The summed E-state index contributed by atoms with van der Waals surface area (Å²) >= 11 is 0. The molecule has 2 heterocycles. The first-order chi connectivity index (χ1) is 11.6. The standard InChI is InChI=1S/C18H25N3O3.ClH/c1-19-10-13-7-8-20(11-13)18(23)14-9-17(22)21(12-14)15-3-5-16(24-2)6-4-15;/h3-6,13-14,19H,7-12H2,1-2H3;1H. The fraction of sp³-hybridized carbons (Fsp3) is 0.556. The lowest BCUT2D eigenvalue weighted by atomic mass is 10.1. The van der Waals surface area contributed by atoms with Crippen molar-refractivity contribution in [3.8, 4) is 5.75 Å².